The average molecular weight is 220 g/mol. The number of rotatable bonds is 1. The molecule has 80 valence electrons. The second-order valence-electron chi connectivity index (χ2n) is 3.07. The van der Waals surface area contributed by atoms with E-state index in [1.807, 2.05) is 0 Å². The van der Waals surface area contributed by atoms with Crippen LogP contribution in [0.5, 0.6) is 0 Å². The fraction of sp³-hybridized carbons (Fsp3) is 0. The maximum absolute atomic E-state index is 13.5. The highest BCUT2D eigenvalue weighted by Crippen LogP contribution is 2.21. The molecule has 0 fully saturated rings. The molecular weight excluding hydrogens is 214 g/mol. The summed E-state index contributed by atoms with van der Waals surface area (Å²) in [5, 5.41) is 8.70. The summed E-state index contributed by atoms with van der Waals surface area (Å²) in [6, 6.07) is 3.70. The zero-order chi connectivity index (χ0) is 11.7. The van der Waals surface area contributed by atoms with E-state index in [1.54, 1.807) is 6.07 Å². The van der Waals surface area contributed by atoms with Gasteiger partial charge < -0.3 is 5.73 Å². The minimum Gasteiger partial charge on any atom is -0.399 e. The lowest BCUT2D eigenvalue weighted by molar-refractivity contribution is 0.569. The SMILES string of the molecule is N#Cc1nccn1-c1c(F)cc(N)cc1F. The Kier molecular flexibility index (Phi) is 2.29. The van der Waals surface area contributed by atoms with Crippen molar-refractivity contribution in [3.05, 3.63) is 42.0 Å². The standard InChI is InChI=1S/C10H6F2N4/c11-7-3-6(14)4-8(12)10(7)16-2-1-15-9(16)5-13/h1-4H,14H2. The molecule has 0 amide bonds. The molecule has 1 aromatic carbocycles. The Morgan fingerprint density at radius 1 is 1.31 bits per heavy atom. The molecule has 0 bridgehead atoms. The van der Waals surface area contributed by atoms with Gasteiger partial charge in [0, 0.05) is 18.1 Å². The van der Waals surface area contributed by atoms with Gasteiger partial charge in [0.15, 0.2) is 11.6 Å². The number of anilines is 1. The molecule has 1 heterocycles. The highest BCUT2D eigenvalue weighted by atomic mass is 19.1. The van der Waals surface area contributed by atoms with Crippen molar-refractivity contribution in [3.8, 4) is 11.8 Å². The molecule has 16 heavy (non-hydrogen) atoms. The van der Waals surface area contributed by atoms with Crippen LogP contribution in [-0.2, 0) is 0 Å². The fourth-order valence-electron chi connectivity index (χ4n) is 1.38. The lowest BCUT2D eigenvalue weighted by Gasteiger charge is -2.07. The molecule has 2 N–H and O–H groups in total. The highest BCUT2D eigenvalue weighted by Gasteiger charge is 2.15. The third-order valence-electron chi connectivity index (χ3n) is 2.02. The van der Waals surface area contributed by atoms with Crippen LogP contribution < -0.4 is 5.73 Å². The van der Waals surface area contributed by atoms with Gasteiger partial charge in [0.2, 0.25) is 5.82 Å². The van der Waals surface area contributed by atoms with Crippen molar-refractivity contribution in [2.45, 2.75) is 0 Å². The molecule has 0 saturated carbocycles. The van der Waals surface area contributed by atoms with E-state index < -0.39 is 11.6 Å². The van der Waals surface area contributed by atoms with Crippen molar-refractivity contribution in [1.82, 2.24) is 9.55 Å². The molecular formula is C10H6F2N4. The molecule has 0 aliphatic rings. The summed E-state index contributed by atoms with van der Waals surface area (Å²) in [5.74, 6) is -1.78. The van der Waals surface area contributed by atoms with E-state index in [0.717, 1.165) is 16.7 Å². The van der Waals surface area contributed by atoms with Gasteiger partial charge >= 0.3 is 0 Å². The van der Waals surface area contributed by atoms with Gasteiger partial charge in [-0.3, -0.25) is 4.57 Å². The van der Waals surface area contributed by atoms with Gasteiger partial charge in [-0.1, -0.05) is 0 Å². The highest BCUT2D eigenvalue weighted by molar-refractivity contribution is 5.48. The summed E-state index contributed by atoms with van der Waals surface area (Å²) in [6.45, 7) is 0. The number of halogens is 2. The molecule has 0 radical (unpaired) electrons. The molecule has 2 aromatic rings. The molecule has 2 rings (SSSR count). The second-order valence-corrected chi connectivity index (χ2v) is 3.07. The Morgan fingerprint density at radius 3 is 2.50 bits per heavy atom. The number of nitrogen functional groups attached to an aromatic ring is 1. The lowest BCUT2D eigenvalue weighted by atomic mass is 10.2. The van der Waals surface area contributed by atoms with Crippen molar-refractivity contribution < 1.29 is 8.78 Å². The van der Waals surface area contributed by atoms with Crippen LogP contribution in [0.2, 0.25) is 0 Å². The van der Waals surface area contributed by atoms with Crippen molar-refractivity contribution in [3.63, 3.8) is 0 Å². The lowest BCUT2D eigenvalue weighted by Crippen LogP contribution is -2.04. The Morgan fingerprint density at radius 2 is 1.94 bits per heavy atom. The van der Waals surface area contributed by atoms with Gasteiger partial charge in [0.05, 0.1) is 0 Å². The first kappa shape index (κ1) is 10.1. The van der Waals surface area contributed by atoms with E-state index >= 15 is 0 Å². The summed E-state index contributed by atoms with van der Waals surface area (Å²) < 4.78 is 28.1. The maximum atomic E-state index is 13.5. The van der Waals surface area contributed by atoms with Gasteiger partial charge in [0.1, 0.15) is 11.8 Å². The molecule has 1 aromatic heterocycles. The van der Waals surface area contributed by atoms with Crippen LogP contribution in [0.15, 0.2) is 24.5 Å². The molecule has 6 heteroatoms. The smallest absolute Gasteiger partial charge is 0.217 e. The summed E-state index contributed by atoms with van der Waals surface area (Å²) in [6.07, 6.45) is 2.59. The summed E-state index contributed by atoms with van der Waals surface area (Å²) >= 11 is 0. The van der Waals surface area contributed by atoms with Crippen LogP contribution in [-0.4, -0.2) is 9.55 Å². The van der Waals surface area contributed by atoms with Crippen LogP contribution >= 0.6 is 0 Å². The monoisotopic (exact) mass is 220 g/mol. The van der Waals surface area contributed by atoms with E-state index in [4.69, 9.17) is 11.0 Å². The molecule has 0 aliphatic carbocycles. The largest absolute Gasteiger partial charge is 0.399 e. The molecule has 0 unspecified atom stereocenters. The Balaban J connectivity index is 2.70. The van der Waals surface area contributed by atoms with E-state index in [0.29, 0.717) is 0 Å². The van der Waals surface area contributed by atoms with Gasteiger partial charge in [-0.25, -0.2) is 13.8 Å². The second kappa shape index (κ2) is 3.62. The van der Waals surface area contributed by atoms with Crippen LogP contribution in [0.25, 0.3) is 5.69 Å². The van der Waals surface area contributed by atoms with Crippen LogP contribution in [0.3, 0.4) is 0 Å². The predicted octanol–water partition coefficient (Wildman–Crippen LogP) is 1.60. The number of hydrogen-bond donors (Lipinski definition) is 1. The van der Waals surface area contributed by atoms with Gasteiger partial charge in [-0.15, -0.1) is 0 Å². The topological polar surface area (TPSA) is 67.6 Å². The number of benzene rings is 1. The number of aromatic nitrogens is 2. The summed E-state index contributed by atoms with van der Waals surface area (Å²) in [7, 11) is 0. The summed E-state index contributed by atoms with van der Waals surface area (Å²) in [5.41, 5.74) is 4.91. The van der Waals surface area contributed by atoms with Crippen LogP contribution in [0.1, 0.15) is 5.82 Å². The fourth-order valence-corrected chi connectivity index (χ4v) is 1.38. The van der Waals surface area contributed by atoms with Gasteiger partial charge in [-0.05, 0) is 12.1 Å². The van der Waals surface area contributed by atoms with Gasteiger partial charge in [0.25, 0.3) is 0 Å². The number of imidazole rings is 1. The van der Waals surface area contributed by atoms with Crippen molar-refractivity contribution in [2.75, 3.05) is 5.73 Å². The molecule has 0 spiro atoms. The van der Waals surface area contributed by atoms with Crippen LogP contribution in [0.4, 0.5) is 14.5 Å². The predicted molar refractivity (Wildman–Crippen MR) is 52.6 cm³/mol. The Bertz CT molecular complexity index is 560. The molecule has 0 aliphatic heterocycles. The number of hydrogen-bond acceptors (Lipinski definition) is 3. The minimum atomic E-state index is -0.841. The Hall–Kier alpha value is -2.42. The average Bonchev–Trinajstić information content (AvgIpc) is 2.64. The minimum absolute atomic E-state index is 0.0163. The maximum Gasteiger partial charge on any atom is 0.217 e. The van der Waals surface area contributed by atoms with Crippen molar-refractivity contribution in [1.29, 1.82) is 5.26 Å². The Labute approximate surface area is 89.6 Å². The molecule has 4 nitrogen and oxygen atoms in total. The van der Waals surface area contributed by atoms with Crippen molar-refractivity contribution in [2.24, 2.45) is 0 Å². The first-order valence-corrected chi connectivity index (χ1v) is 4.32. The zero-order valence-corrected chi connectivity index (χ0v) is 7.98. The number of nitriles is 1. The first-order valence-electron chi connectivity index (χ1n) is 4.32. The van der Waals surface area contributed by atoms with E-state index in [9.17, 15) is 8.78 Å². The van der Waals surface area contributed by atoms with Crippen LogP contribution in [0, 0.1) is 23.0 Å². The quantitative estimate of drug-likeness (QED) is 0.742. The molecule has 0 atom stereocenters. The third kappa shape index (κ3) is 1.48. The zero-order valence-electron chi connectivity index (χ0n) is 7.98. The van der Waals surface area contributed by atoms with Crippen molar-refractivity contribution >= 4 is 5.69 Å². The van der Waals surface area contributed by atoms with E-state index in [1.165, 1.54) is 12.4 Å². The number of nitrogens with two attached hydrogens (primary N) is 1. The normalized spacial score (nSPS) is 10.1. The number of nitrogens with zero attached hydrogens (tertiary/aromatic N) is 3. The summed E-state index contributed by atoms with van der Waals surface area (Å²) in [4.78, 5) is 3.65. The van der Waals surface area contributed by atoms with Gasteiger partial charge in [-0.2, -0.15) is 5.26 Å². The van der Waals surface area contributed by atoms with E-state index in [-0.39, 0.29) is 17.2 Å². The third-order valence-corrected chi connectivity index (χ3v) is 2.02. The molecule has 0 saturated heterocycles. The first-order chi connectivity index (χ1) is 7.63. The van der Waals surface area contributed by atoms with E-state index in [2.05, 4.69) is 4.98 Å².